The van der Waals surface area contributed by atoms with Crippen molar-refractivity contribution in [2.75, 3.05) is 5.73 Å². The van der Waals surface area contributed by atoms with Gasteiger partial charge in [-0.2, -0.15) is 4.98 Å². The van der Waals surface area contributed by atoms with Gasteiger partial charge in [0, 0.05) is 12.1 Å². The van der Waals surface area contributed by atoms with Crippen molar-refractivity contribution in [3.05, 3.63) is 42.0 Å². The fraction of sp³-hybridized carbons (Fsp3) is 0.214. The predicted molar refractivity (Wildman–Crippen MR) is 70.8 cm³/mol. The first-order valence-corrected chi connectivity index (χ1v) is 6.02. The molecule has 0 bridgehead atoms. The number of nitrogen functional groups attached to an aromatic ring is 1. The molecule has 0 amide bonds. The van der Waals surface area contributed by atoms with E-state index in [0.29, 0.717) is 5.69 Å². The minimum absolute atomic E-state index is 0.109. The highest BCUT2D eigenvalue weighted by atomic mass is 19.1. The standard InChI is InChI=1S/C14H14F2N2O2/c1-8(2)19-14-11(17)4-6-13(18-14)20-12-5-3-9(15)7-10(12)16/h3-8H,17H2,1-2H3. The molecule has 0 unspecified atom stereocenters. The van der Waals surface area contributed by atoms with E-state index in [9.17, 15) is 8.78 Å². The van der Waals surface area contributed by atoms with Gasteiger partial charge in [0.25, 0.3) is 0 Å². The van der Waals surface area contributed by atoms with E-state index in [0.717, 1.165) is 12.1 Å². The third-order valence-electron chi connectivity index (χ3n) is 2.32. The van der Waals surface area contributed by atoms with Crippen molar-refractivity contribution in [1.82, 2.24) is 4.98 Å². The molecular formula is C14H14F2N2O2. The SMILES string of the molecule is CC(C)Oc1nc(Oc2ccc(F)cc2F)ccc1N. The zero-order chi connectivity index (χ0) is 14.7. The number of anilines is 1. The maximum Gasteiger partial charge on any atom is 0.240 e. The average molecular weight is 280 g/mol. The van der Waals surface area contributed by atoms with Crippen LogP contribution in [-0.2, 0) is 0 Å². The molecule has 0 aliphatic rings. The van der Waals surface area contributed by atoms with Gasteiger partial charge in [-0.1, -0.05) is 0 Å². The summed E-state index contributed by atoms with van der Waals surface area (Å²) in [6, 6.07) is 6.04. The van der Waals surface area contributed by atoms with Crippen molar-refractivity contribution in [3.8, 4) is 17.5 Å². The van der Waals surface area contributed by atoms with E-state index in [1.165, 1.54) is 12.1 Å². The number of nitrogens with zero attached hydrogens (tertiary/aromatic N) is 1. The Morgan fingerprint density at radius 3 is 2.55 bits per heavy atom. The summed E-state index contributed by atoms with van der Waals surface area (Å²) in [5.74, 6) is -1.29. The van der Waals surface area contributed by atoms with Crippen molar-refractivity contribution in [1.29, 1.82) is 0 Å². The van der Waals surface area contributed by atoms with E-state index in [1.54, 1.807) is 6.07 Å². The fourth-order valence-electron chi connectivity index (χ4n) is 1.48. The lowest BCUT2D eigenvalue weighted by Crippen LogP contribution is -2.09. The Balaban J connectivity index is 2.25. The number of aromatic nitrogens is 1. The number of halogens is 2. The number of ether oxygens (including phenoxy) is 2. The zero-order valence-corrected chi connectivity index (χ0v) is 11.1. The van der Waals surface area contributed by atoms with Crippen LogP contribution >= 0.6 is 0 Å². The first-order valence-electron chi connectivity index (χ1n) is 6.02. The molecule has 2 aromatic rings. The molecule has 4 nitrogen and oxygen atoms in total. The lowest BCUT2D eigenvalue weighted by Gasteiger charge is -2.12. The first kappa shape index (κ1) is 14.0. The Morgan fingerprint density at radius 2 is 1.90 bits per heavy atom. The van der Waals surface area contributed by atoms with Crippen LogP contribution in [0.1, 0.15) is 13.8 Å². The van der Waals surface area contributed by atoms with Gasteiger partial charge in [-0.3, -0.25) is 0 Å². The molecule has 0 saturated heterocycles. The zero-order valence-electron chi connectivity index (χ0n) is 11.1. The van der Waals surface area contributed by atoms with Gasteiger partial charge in [0.15, 0.2) is 11.6 Å². The molecule has 0 atom stereocenters. The highest BCUT2D eigenvalue weighted by molar-refractivity contribution is 5.49. The van der Waals surface area contributed by atoms with E-state index in [-0.39, 0.29) is 23.6 Å². The fourth-order valence-corrected chi connectivity index (χ4v) is 1.48. The number of pyridine rings is 1. The van der Waals surface area contributed by atoms with E-state index in [4.69, 9.17) is 15.2 Å². The molecular weight excluding hydrogens is 266 g/mol. The van der Waals surface area contributed by atoms with Crippen LogP contribution in [0, 0.1) is 11.6 Å². The Hall–Kier alpha value is -2.37. The summed E-state index contributed by atoms with van der Waals surface area (Å²) in [5, 5.41) is 0. The van der Waals surface area contributed by atoms with Gasteiger partial charge in [-0.15, -0.1) is 0 Å². The molecule has 1 heterocycles. The monoisotopic (exact) mass is 280 g/mol. The summed E-state index contributed by atoms with van der Waals surface area (Å²) in [7, 11) is 0. The van der Waals surface area contributed by atoms with Crippen molar-refractivity contribution < 1.29 is 18.3 Å². The van der Waals surface area contributed by atoms with Gasteiger partial charge >= 0.3 is 0 Å². The van der Waals surface area contributed by atoms with Crippen LogP contribution in [-0.4, -0.2) is 11.1 Å². The maximum absolute atomic E-state index is 13.5. The lowest BCUT2D eigenvalue weighted by molar-refractivity contribution is 0.232. The van der Waals surface area contributed by atoms with E-state index in [1.807, 2.05) is 13.8 Å². The van der Waals surface area contributed by atoms with Gasteiger partial charge < -0.3 is 15.2 Å². The summed E-state index contributed by atoms with van der Waals surface area (Å²) < 4.78 is 36.9. The normalized spacial score (nSPS) is 10.7. The topological polar surface area (TPSA) is 57.4 Å². The summed E-state index contributed by atoms with van der Waals surface area (Å²) in [4.78, 5) is 4.04. The first-order chi connectivity index (χ1) is 9.45. The molecule has 20 heavy (non-hydrogen) atoms. The van der Waals surface area contributed by atoms with Crippen molar-refractivity contribution in [2.24, 2.45) is 0 Å². The highest BCUT2D eigenvalue weighted by Gasteiger charge is 2.10. The molecule has 6 heteroatoms. The molecule has 1 aromatic heterocycles. The van der Waals surface area contributed by atoms with E-state index < -0.39 is 11.6 Å². The Bertz CT molecular complexity index is 618. The molecule has 1 aromatic carbocycles. The van der Waals surface area contributed by atoms with Gasteiger partial charge in [0.1, 0.15) is 5.82 Å². The van der Waals surface area contributed by atoms with E-state index >= 15 is 0 Å². The Kier molecular flexibility index (Phi) is 4.02. The quantitative estimate of drug-likeness (QED) is 0.931. The third-order valence-corrected chi connectivity index (χ3v) is 2.32. The number of hydrogen-bond donors (Lipinski definition) is 1. The van der Waals surface area contributed by atoms with Crippen molar-refractivity contribution in [3.63, 3.8) is 0 Å². The van der Waals surface area contributed by atoms with Gasteiger partial charge in [-0.05, 0) is 32.0 Å². The van der Waals surface area contributed by atoms with Crippen molar-refractivity contribution >= 4 is 5.69 Å². The predicted octanol–water partition coefficient (Wildman–Crippen LogP) is 3.52. The minimum atomic E-state index is -0.810. The maximum atomic E-state index is 13.5. The van der Waals surface area contributed by atoms with Gasteiger partial charge in [0.05, 0.1) is 11.8 Å². The summed E-state index contributed by atoms with van der Waals surface area (Å²) in [6.07, 6.45) is -0.109. The van der Waals surface area contributed by atoms with Crippen LogP contribution in [0.2, 0.25) is 0 Å². The second-order valence-corrected chi connectivity index (χ2v) is 4.39. The minimum Gasteiger partial charge on any atom is -0.473 e. The summed E-state index contributed by atoms with van der Waals surface area (Å²) in [5.41, 5.74) is 6.07. The molecule has 0 fully saturated rings. The van der Waals surface area contributed by atoms with Crippen LogP contribution in [0.25, 0.3) is 0 Å². The van der Waals surface area contributed by atoms with Crippen molar-refractivity contribution in [2.45, 2.75) is 20.0 Å². The molecule has 2 N–H and O–H groups in total. The van der Waals surface area contributed by atoms with Crippen LogP contribution in [0.4, 0.5) is 14.5 Å². The number of benzene rings is 1. The second kappa shape index (κ2) is 5.73. The molecule has 0 aliphatic heterocycles. The van der Waals surface area contributed by atoms with Gasteiger partial charge in [-0.25, -0.2) is 8.78 Å². The molecule has 106 valence electrons. The largest absolute Gasteiger partial charge is 0.473 e. The van der Waals surface area contributed by atoms with Crippen LogP contribution < -0.4 is 15.2 Å². The number of rotatable bonds is 4. The van der Waals surface area contributed by atoms with Crippen LogP contribution in [0.5, 0.6) is 17.5 Å². The summed E-state index contributed by atoms with van der Waals surface area (Å²) in [6.45, 7) is 3.66. The highest BCUT2D eigenvalue weighted by Crippen LogP contribution is 2.28. The van der Waals surface area contributed by atoms with E-state index in [2.05, 4.69) is 4.98 Å². The molecule has 2 rings (SSSR count). The van der Waals surface area contributed by atoms with Crippen LogP contribution in [0.15, 0.2) is 30.3 Å². The molecule has 0 saturated carbocycles. The summed E-state index contributed by atoms with van der Waals surface area (Å²) >= 11 is 0. The molecule has 0 radical (unpaired) electrons. The van der Waals surface area contributed by atoms with Crippen LogP contribution in [0.3, 0.4) is 0 Å². The molecule has 0 spiro atoms. The Morgan fingerprint density at radius 1 is 1.15 bits per heavy atom. The smallest absolute Gasteiger partial charge is 0.240 e. The van der Waals surface area contributed by atoms with Gasteiger partial charge in [0.2, 0.25) is 11.8 Å². The lowest BCUT2D eigenvalue weighted by atomic mass is 10.3. The third kappa shape index (κ3) is 3.34. The number of hydrogen-bond acceptors (Lipinski definition) is 4. The Labute approximate surface area is 115 Å². The number of nitrogens with two attached hydrogens (primary N) is 1. The average Bonchev–Trinajstić information content (AvgIpc) is 2.36. The second-order valence-electron chi connectivity index (χ2n) is 4.39. The molecule has 0 aliphatic carbocycles.